The number of nitrogens with one attached hydrogen (secondary N) is 2. The molecule has 0 radical (unpaired) electrons. The second-order valence-electron chi connectivity index (χ2n) is 7.47. The fourth-order valence-corrected chi connectivity index (χ4v) is 4.67. The maximum atomic E-state index is 13.1. The number of amides is 1. The molecule has 0 fully saturated rings. The van der Waals surface area contributed by atoms with Crippen LogP contribution in [-0.2, 0) is 10.0 Å². The first-order valence-electron chi connectivity index (χ1n) is 10.2. The third-order valence-electron chi connectivity index (χ3n) is 5.14. The van der Waals surface area contributed by atoms with Crippen molar-refractivity contribution in [2.45, 2.75) is 18.7 Å². The molecule has 0 saturated heterocycles. The molecule has 1 amide bonds. The Hall–Kier alpha value is -4.12. The van der Waals surface area contributed by atoms with Crippen molar-refractivity contribution in [3.8, 4) is 11.5 Å². The Morgan fingerprint density at radius 1 is 0.971 bits per heavy atom. The molecule has 0 aliphatic carbocycles. The second-order valence-corrected chi connectivity index (χ2v) is 9.12. The minimum absolute atomic E-state index is 0.128. The summed E-state index contributed by atoms with van der Waals surface area (Å²) < 4.78 is 40.6. The van der Waals surface area contributed by atoms with Crippen molar-refractivity contribution in [2.24, 2.45) is 0 Å². The lowest BCUT2D eigenvalue weighted by Crippen LogP contribution is -2.18. The van der Waals surface area contributed by atoms with Crippen LogP contribution in [0.1, 0.15) is 21.7 Å². The molecule has 2 aromatic heterocycles. The molecule has 2 heterocycles. The van der Waals surface area contributed by atoms with Gasteiger partial charge in [0.15, 0.2) is 5.65 Å². The summed E-state index contributed by atoms with van der Waals surface area (Å²) in [6.45, 7) is 3.60. The zero-order valence-corrected chi connectivity index (χ0v) is 19.8. The predicted octanol–water partition coefficient (Wildman–Crippen LogP) is 3.42. The smallest absolute Gasteiger partial charge is 0.265 e. The molecule has 2 aromatic carbocycles. The number of aromatic nitrogens is 3. The molecule has 11 heteroatoms. The van der Waals surface area contributed by atoms with Crippen molar-refractivity contribution >= 4 is 33.0 Å². The summed E-state index contributed by atoms with van der Waals surface area (Å²) in [5.74, 6) is 0.278. The molecule has 0 saturated carbocycles. The first-order valence-corrected chi connectivity index (χ1v) is 11.7. The van der Waals surface area contributed by atoms with E-state index < -0.39 is 15.9 Å². The first-order chi connectivity index (χ1) is 16.2. The highest BCUT2D eigenvalue weighted by Crippen LogP contribution is 2.29. The van der Waals surface area contributed by atoms with Crippen LogP contribution < -0.4 is 19.5 Å². The molecular formula is C23H23N5O5S. The zero-order chi connectivity index (χ0) is 24.5. The maximum absolute atomic E-state index is 13.1. The van der Waals surface area contributed by atoms with Gasteiger partial charge in [0.1, 0.15) is 16.4 Å². The van der Waals surface area contributed by atoms with Crippen molar-refractivity contribution in [2.75, 3.05) is 24.3 Å². The minimum atomic E-state index is -4.03. The molecule has 0 aliphatic heterocycles. The molecule has 4 aromatic rings. The van der Waals surface area contributed by atoms with E-state index in [1.807, 2.05) is 13.0 Å². The molecule has 2 N–H and O–H groups in total. The Morgan fingerprint density at radius 3 is 2.35 bits per heavy atom. The third-order valence-corrected chi connectivity index (χ3v) is 6.55. The molecule has 10 nitrogen and oxygen atoms in total. The number of aryl methyl sites for hydroxylation is 2. The Kier molecular flexibility index (Phi) is 6.12. The summed E-state index contributed by atoms with van der Waals surface area (Å²) in [6, 6.07) is 12.6. The van der Waals surface area contributed by atoms with Crippen molar-refractivity contribution < 1.29 is 22.7 Å². The van der Waals surface area contributed by atoms with Gasteiger partial charge in [-0.1, -0.05) is 0 Å². The van der Waals surface area contributed by atoms with Crippen LogP contribution in [0.5, 0.6) is 11.5 Å². The monoisotopic (exact) mass is 481 g/mol. The summed E-state index contributed by atoms with van der Waals surface area (Å²) >= 11 is 0. The summed E-state index contributed by atoms with van der Waals surface area (Å²) in [4.78, 5) is 17.1. The molecule has 0 spiro atoms. The van der Waals surface area contributed by atoms with Gasteiger partial charge in [-0.05, 0) is 56.3 Å². The lowest BCUT2D eigenvalue weighted by atomic mass is 10.2. The normalized spacial score (nSPS) is 11.3. The molecule has 0 bridgehead atoms. The fraction of sp³-hybridized carbons (Fsp3) is 0.174. The van der Waals surface area contributed by atoms with E-state index in [9.17, 15) is 13.2 Å². The van der Waals surface area contributed by atoms with E-state index in [4.69, 9.17) is 9.47 Å². The van der Waals surface area contributed by atoms with Crippen LogP contribution in [0.25, 0.3) is 5.65 Å². The van der Waals surface area contributed by atoms with Crippen molar-refractivity contribution in [3.05, 3.63) is 71.7 Å². The molecule has 0 atom stereocenters. The quantitative estimate of drug-likeness (QED) is 0.414. The van der Waals surface area contributed by atoms with Crippen LogP contribution in [0.4, 0.5) is 11.4 Å². The van der Waals surface area contributed by atoms with E-state index in [2.05, 4.69) is 20.1 Å². The average molecular weight is 482 g/mol. The van der Waals surface area contributed by atoms with Gasteiger partial charge in [-0.2, -0.15) is 5.10 Å². The number of carbonyl (C=O) groups excluding carboxylic acids is 1. The number of hydrogen-bond acceptors (Lipinski definition) is 7. The molecule has 0 aliphatic rings. The summed E-state index contributed by atoms with van der Waals surface area (Å²) in [7, 11) is -1.13. The molecular weight excluding hydrogens is 458 g/mol. The lowest BCUT2D eigenvalue weighted by Gasteiger charge is -2.14. The van der Waals surface area contributed by atoms with Crippen LogP contribution in [0.2, 0.25) is 0 Å². The average Bonchev–Trinajstić information content (AvgIpc) is 3.20. The largest absolute Gasteiger partial charge is 0.497 e. The van der Waals surface area contributed by atoms with Gasteiger partial charge >= 0.3 is 0 Å². The Morgan fingerprint density at radius 2 is 1.68 bits per heavy atom. The number of rotatable bonds is 7. The summed E-state index contributed by atoms with van der Waals surface area (Å²) in [5, 5.41) is 7.07. The van der Waals surface area contributed by atoms with Crippen LogP contribution in [0, 0.1) is 13.8 Å². The lowest BCUT2D eigenvalue weighted by molar-refractivity contribution is 0.102. The van der Waals surface area contributed by atoms with E-state index in [0.717, 1.165) is 5.69 Å². The number of ether oxygens (including phenoxy) is 2. The van der Waals surface area contributed by atoms with E-state index in [1.165, 1.54) is 32.5 Å². The predicted molar refractivity (Wildman–Crippen MR) is 127 cm³/mol. The third kappa shape index (κ3) is 4.50. The highest BCUT2D eigenvalue weighted by Gasteiger charge is 2.22. The van der Waals surface area contributed by atoms with Gasteiger partial charge in [0, 0.05) is 23.6 Å². The highest BCUT2D eigenvalue weighted by molar-refractivity contribution is 7.92. The van der Waals surface area contributed by atoms with Crippen molar-refractivity contribution in [1.82, 2.24) is 14.6 Å². The van der Waals surface area contributed by atoms with E-state index in [-0.39, 0.29) is 16.3 Å². The zero-order valence-electron chi connectivity index (χ0n) is 19.0. The topological polar surface area (TPSA) is 124 Å². The minimum Gasteiger partial charge on any atom is -0.497 e. The van der Waals surface area contributed by atoms with Gasteiger partial charge in [0.05, 0.1) is 31.2 Å². The van der Waals surface area contributed by atoms with Gasteiger partial charge in [0.25, 0.3) is 15.9 Å². The van der Waals surface area contributed by atoms with Gasteiger partial charge in [-0.25, -0.2) is 17.9 Å². The second kappa shape index (κ2) is 9.02. The van der Waals surface area contributed by atoms with Crippen LogP contribution in [-0.4, -0.2) is 43.1 Å². The van der Waals surface area contributed by atoms with Gasteiger partial charge in [-0.15, -0.1) is 0 Å². The Balaban J connectivity index is 1.63. The number of benzene rings is 2. The standard InChI is InChI=1S/C23H23N5O5S/c1-14-11-22-24-13-19(15(2)28(22)26-14)23(29)25-17-7-10-20(33-4)21(12-17)34(30,31)27-16-5-8-18(32-3)9-6-16/h5-13,27H,1-4H3,(H,25,29). The molecule has 0 unspecified atom stereocenters. The number of sulfonamides is 1. The van der Waals surface area contributed by atoms with E-state index in [1.54, 1.807) is 41.8 Å². The fourth-order valence-electron chi connectivity index (χ4n) is 3.42. The van der Waals surface area contributed by atoms with E-state index in [0.29, 0.717) is 28.3 Å². The van der Waals surface area contributed by atoms with Crippen LogP contribution in [0.3, 0.4) is 0 Å². The van der Waals surface area contributed by atoms with Crippen molar-refractivity contribution in [3.63, 3.8) is 0 Å². The summed E-state index contributed by atoms with van der Waals surface area (Å²) in [6.07, 6.45) is 1.47. The Bertz CT molecular complexity index is 1480. The number of anilines is 2. The molecule has 4 rings (SSSR count). The van der Waals surface area contributed by atoms with E-state index >= 15 is 0 Å². The SMILES string of the molecule is COc1ccc(NS(=O)(=O)c2cc(NC(=O)c3cnc4cc(C)nn4c3C)ccc2OC)cc1. The highest BCUT2D eigenvalue weighted by atomic mass is 32.2. The van der Waals surface area contributed by atoms with Gasteiger partial charge in [-0.3, -0.25) is 9.52 Å². The molecule has 176 valence electrons. The summed E-state index contributed by atoms with van der Waals surface area (Å²) in [5.41, 5.74) is 2.96. The number of hydrogen-bond donors (Lipinski definition) is 2. The maximum Gasteiger partial charge on any atom is 0.265 e. The van der Waals surface area contributed by atoms with Crippen molar-refractivity contribution in [1.29, 1.82) is 0 Å². The van der Waals surface area contributed by atoms with Gasteiger partial charge < -0.3 is 14.8 Å². The number of fused-ring (bicyclic) bond motifs is 1. The van der Waals surface area contributed by atoms with Crippen LogP contribution >= 0.6 is 0 Å². The number of nitrogens with zero attached hydrogens (tertiary/aromatic N) is 3. The van der Waals surface area contributed by atoms with Gasteiger partial charge in [0.2, 0.25) is 0 Å². The van der Waals surface area contributed by atoms with Crippen LogP contribution in [0.15, 0.2) is 59.6 Å². The molecule has 34 heavy (non-hydrogen) atoms. The Labute approximate surface area is 196 Å². The first kappa shape index (κ1) is 23.1. The number of carbonyl (C=O) groups is 1. The number of methoxy groups -OCH3 is 2.